The molecule has 2 aliphatic rings. The average Bonchev–Trinajstić information content (AvgIpc) is 3.18. The number of aliphatic hydroxyl groups excluding tert-OH is 1. The van der Waals surface area contributed by atoms with E-state index < -0.39 is 0 Å². The van der Waals surface area contributed by atoms with Crippen LogP contribution in [0.4, 0.5) is 11.6 Å². The number of hydrogen-bond donors (Lipinski definition) is 1. The zero-order chi connectivity index (χ0) is 16.1. The van der Waals surface area contributed by atoms with Crippen molar-refractivity contribution in [2.45, 2.75) is 25.1 Å². The molecule has 0 unspecified atom stereocenters. The lowest BCUT2D eigenvalue weighted by Gasteiger charge is -2.27. The lowest BCUT2D eigenvalue weighted by Crippen LogP contribution is -2.38. The van der Waals surface area contributed by atoms with Crippen LogP contribution in [0.25, 0.3) is 10.2 Å². The van der Waals surface area contributed by atoms with E-state index in [2.05, 4.69) is 42.3 Å². The average molecular weight is 339 g/mol. The van der Waals surface area contributed by atoms with Gasteiger partial charge in [0.05, 0.1) is 17.5 Å². The first-order valence-corrected chi connectivity index (χ1v) is 8.99. The molecule has 7 heteroatoms. The Morgan fingerprint density at radius 3 is 3.04 bits per heavy atom. The first-order valence-electron chi connectivity index (χ1n) is 8.11. The molecule has 3 aromatic heterocycles. The van der Waals surface area contributed by atoms with Crippen LogP contribution in [-0.2, 0) is 6.54 Å². The zero-order valence-electron chi connectivity index (χ0n) is 13.0. The monoisotopic (exact) mass is 339 g/mol. The fourth-order valence-corrected chi connectivity index (χ4v) is 4.58. The van der Waals surface area contributed by atoms with Crippen LogP contribution in [0, 0.1) is 0 Å². The van der Waals surface area contributed by atoms with E-state index >= 15 is 0 Å². The van der Waals surface area contributed by atoms with Crippen LogP contribution in [0.5, 0.6) is 0 Å². The Balaban J connectivity index is 1.62. The molecule has 0 aromatic carbocycles. The molecule has 1 N–H and O–H groups in total. The summed E-state index contributed by atoms with van der Waals surface area (Å²) in [5.74, 6) is 1.97. The molecule has 0 saturated carbocycles. The van der Waals surface area contributed by atoms with E-state index in [0.29, 0.717) is 6.54 Å². The summed E-state index contributed by atoms with van der Waals surface area (Å²) in [5, 5.41) is 13.3. The molecular formula is C17H17N5OS. The van der Waals surface area contributed by atoms with Gasteiger partial charge in [0.1, 0.15) is 22.8 Å². The van der Waals surface area contributed by atoms with Gasteiger partial charge in [-0.3, -0.25) is 0 Å². The van der Waals surface area contributed by atoms with E-state index in [1.54, 1.807) is 17.7 Å². The van der Waals surface area contributed by atoms with Crippen LogP contribution < -0.4 is 9.80 Å². The van der Waals surface area contributed by atoms with Gasteiger partial charge in [0, 0.05) is 31.4 Å². The van der Waals surface area contributed by atoms with E-state index in [0.717, 1.165) is 41.4 Å². The van der Waals surface area contributed by atoms with Crippen molar-refractivity contribution in [2.75, 3.05) is 22.9 Å². The van der Waals surface area contributed by atoms with Crippen molar-refractivity contribution in [2.24, 2.45) is 0 Å². The minimum absolute atomic E-state index is 0.250. The molecule has 5 rings (SSSR count). The second kappa shape index (κ2) is 5.39. The SMILES string of the molecule is O[C@@H]1C[C@H]2CN(c3ncnc4sccc34)Cc3cccnc3N2C1. The second-order valence-corrected chi connectivity index (χ2v) is 7.29. The van der Waals surface area contributed by atoms with Gasteiger partial charge in [-0.05, 0) is 23.9 Å². The summed E-state index contributed by atoms with van der Waals surface area (Å²) >= 11 is 1.64. The number of hydrogen-bond acceptors (Lipinski definition) is 7. The van der Waals surface area contributed by atoms with Crippen molar-refractivity contribution in [1.29, 1.82) is 0 Å². The Bertz CT molecular complexity index is 897. The number of nitrogens with zero attached hydrogens (tertiary/aromatic N) is 5. The number of aromatic nitrogens is 3. The highest BCUT2D eigenvalue weighted by molar-refractivity contribution is 7.16. The Morgan fingerprint density at radius 1 is 1.12 bits per heavy atom. The minimum Gasteiger partial charge on any atom is -0.391 e. The van der Waals surface area contributed by atoms with Gasteiger partial charge in [0.2, 0.25) is 0 Å². The first kappa shape index (κ1) is 14.1. The highest BCUT2D eigenvalue weighted by Crippen LogP contribution is 2.35. The predicted molar refractivity (Wildman–Crippen MR) is 94.5 cm³/mol. The van der Waals surface area contributed by atoms with Crippen molar-refractivity contribution in [3.63, 3.8) is 0 Å². The minimum atomic E-state index is -0.295. The maximum absolute atomic E-state index is 10.2. The normalized spacial score (nSPS) is 23.2. The summed E-state index contributed by atoms with van der Waals surface area (Å²) in [6.07, 6.45) is 3.95. The Hall–Kier alpha value is -2.25. The van der Waals surface area contributed by atoms with Gasteiger partial charge in [-0.1, -0.05) is 6.07 Å². The third kappa shape index (κ3) is 2.16. The maximum atomic E-state index is 10.2. The topological polar surface area (TPSA) is 65.4 Å². The van der Waals surface area contributed by atoms with E-state index in [-0.39, 0.29) is 12.1 Å². The number of aliphatic hydroxyl groups is 1. The summed E-state index contributed by atoms with van der Waals surface area (Å²) in [4.78, 5) is 19.1. The molecule has 0 amide bonds. The zero-order valence-corrected chi connectivity index (χ0v) is 13.9. The van der Waals surface area contributed by atoms with Crippen LogP contribution in [0.2, 0.25) is 0 Å². The van der Waals surface area contributed by atoms with Crippen molar-refractivity contribution in [1.82, 2.24) is 15.0 Å². The summed E-state index contributed by atoms with van der Waals surface area (Å²) in [6, 6.07) is 6.43. The van der Waals surface area contributed by atoms with E-state index in [4.69, 9.17) is 0 Å². The molecule has 0 bridgehead atoms. The number of rotatable bonds is 1. The van der Waals surface area contributed by atoms with Crippen molar-refractivity contribution < 1.29 is 5.11 Å². The van der Waals surface area contributed by atoms with Gasteiger partial charge in [-0.2, -0.15) is 0 Å². The third-order valence-corrected chi connectivity index (χ3v) is 5.69. The van der Waals surface area contributed by atoms with Crippen molar-refractivity contribution in [3.8, 4) is 0 Å². The molecule has 5 heterocycles. The van der Waals surface area contributed by atoms with Crippen molar-refractivity contribution >= 4 is 33.2 Å². The quantitative estimate of drug-likeness (QED) is 0.732. The van der Waals surface area contributed by atoms with Gasteiger partial charge in [-0.15, -0.1) is 11.3 Å². The number of fused-ring (bicyclic) bond motifs is 4. The van der Waals surface area contributed by atoms with Crippen LogP contribution in [0.15, 0.2) is 36.1 Å². The standard InChI is InChI=1S/C17H17N5OS/c23-13-6-12-8-21(16-14-3-5-24-17(14)20-10-19-16)7-11-2-1-4-18-15(11)22(12)9-13/h1-5,10,12-13,23H,6-9H2/t12-,13+/m0/s1. The van der Waals surface area contributed by atoms with Gasteiger partial charge in [-0.25, -0.2) is 15.0 Å². The molecule has 0 aliphatic carbocycles. The van der Waals surface area contributed by atoms with Crippen molar-refractivity contribution in [3.05, 3.63) is 41.7 Å². The van der Waals surface area contributed by atoms with Gasteiger partial charge in [0.25, 0.3) is 0 Å². The predicted octanol–water partition coefficient (Wildman–Crippen LogP) is 2.05. The fourth-order valence-electron chi connectivity index (χ4n) is 3.85. The number of pyridine rings is 1. The second-order valence-electron chi connectivity index (χ2n) is 6.40. The summed E-state index contributed by atoms with van der Waals surface area (Å²) in [7, 11) is 0. The molecule has 2 atom stereocenters. The highest BCUT2D eigenvalue weighted by atomic mass is 32.1. The largest absolute Gasteiger partial charge is 0.391 e. The van der Waals surface area contributed by atoms with Gasteiger partial charge >= 0.3 is 0 Å². The van der Waals surface area contributed by atoms with Crippen LogP contribution in [-0.4, -0.2) is 45.3 Å². The number of thiophene rings is 1. The van der Waals surface area contributed by atoms with Crippen LogP contribution in [0.1, 0.15) is 12.0 Å². The first-order chi connectivity index (χ1) is 11.8. The molecule has 0 radical (unpaired) electrons. The van der Waals surface area contributed by atoms with Gasteiger partial charge in [0.15, 0.2) is 0 Å². The summed E-state index contributed by atoms with van der Waals surface area (Å²) in [6.45, 7) is 2.25. The van der Waals surface area contributed by atoms with Crippen LogP contribution >= 0.6 is 11.3 Å². The summed E-state index contributed by atoms with van der Waals surface area (Å²) < 4.78 is 0. The van der Waals surface area contributed by atoms with E-state index in [1.807, 2.05) is 12.3 Å². The Kier molecular flexibility index (Phi) is 3.17. The van der Waals surface area contributed by atoms with Crippen LogP contribution in [0.3, 0.4) is 0 Å². The Morgan fingerprint density at radius 2 is 2.08 bits per heavy atom. The lowest BCUT2D eigenvalue weighted by molar-refractivity contribution is 0.194. The van der Waals surface area contributed by atoms with E-state index in [9.17, 15) is 5.11 Å². The molecule has 3 aromatic rings. The summed E-state index contributed by atoms with van der Waals surface area (Å²) in [5.41, 5.74) is 1.18. The number of anilines is 2. The van der Waals surface area contributed by atoms with Gasteiger partial charge < -0.3 is 14.9 Å². The fraction of sp³-hybridized carbons (Fsp3) is 0.353. The lowest BCUT2D eigenvalue weighted by atomic mass is 10.2. The molecule has 1 fully saturated rings. The molecule has 122 valence electrons. The highest BCUT2D eigenvalue weighted by Gasteiger charge is 2.37. The maximum Gasteiger partial charge on any atom is 0.141 e. The van der Waals surface area contributed by atoms with E-state index in [1.165, 1.54) is 5.56 Å². The molecule has 24 heavy (non-hydrogen) atoms. The molecule has 2 aliphatic heterocycles. The Labute approximate surface area is 143 Å². The smallest absolute Gasteiger partial charge is 0.141 e. The molecule has 6 nitrogen and oxygen atoms in total. The third-order valence-electron chi connectivity index (χ3n) is 4.86. The molecular weight excluding hydrogens is 322 g/mol. The molecule has 1 saturated heterocycles. The molecule has 0 spiro atoms.